The first-order chi connectivity index (χ1) is 26.8. The Kier molecular flexibility index (Phi) is 8.99. The maximum absolute atomic E-state index is 2.42. The van der Waals surface area contributed by atoms with E-state index in [1.807, 2.05) is 0 Å². The van der Waals surface area contributed by atoms with Crippen molar-refractivity contribution in [2.75, 3.05) is 9.80 Å². The van der Waals surface area contributed by atoms with Gasteiger partial charge in [0, 0.05) is 33.9 Å². The Bertz CT molecular complexity index is 2580. The normalized spacial score (nSPS) is 11.0. The average Bonchev–Trinajstić information content (AvgIpc) is 3.26. The van der Waals surface area contributed by atoms with Crippen LogP contribution in [0.5, 0.6) is 0 Å². The molecule has 0 saturated heterocycles. The van der Waals surface area contributed by atoms with Crippen molar-refractivity contribution >= 4 is 44.9 Å². The number of benzene rings is 9. The van der Waals surface area contributed by atoms with Gasteiger partial charge >= 0.3 is 0 Å². The molecule has 0 fully saturated rings. The van der Waals surface area contributed by atoms with Crippen molar-refractivity contribution in [3.8, 4) is 33.4 Å². The molecular formula is C52H38N2. The lowest BCUT2D eigenvalue weighted by atomic mass is 9.94. The summed E-state index contributed by atoms with van der Waals surface area (Å²) in [6.45, 7) is 0. The van der Waals surface area contributed by atoms with Gasteiger partial charge in [-0.05, 0) is 93.7 Å². The minimum Gasteiger partial charge on any atom is -0.311 e. The lowest BCUT2D eigenvalue weighted by Gasteiger charge is -2.30. The van der Waals surface area contributed by atoms with E-state index in [0.29, 0.717) is 0 Å². The van der Waals surface area contributed by atoms with E-state index in [1.165, 1.54) is 33.0 Å². The van der Waals surface area contributed by atoms with E-state index < -0.39 is 0 Å². The molecule has 0 saturated carbocycles. The number of rotatable bonds is 9. The molecule has 0 aliphatic carbocycles. The van der Waals surface area contributed by atoms with Crippen LogP contribution in [-0.4, -0.2) is 0 Å². The molecular weight excluding hydrogens is 653 g/mol. The first-order valence-electron chi connectivity index (χ1n) is 18.4. The Morgan fingerprint density at radius 3 is 1.30 bits per heavy atom. The summed E-state index contributed by atoms with van der Waals surface area (Å²) in [5.41, 5.74) is 13.8. The predicted octanol–water partition coefficient (Wildman–Crippen LogP) is 14.8. The second-order valence-corrected chi connectivity index (χ2v) is 13.4. The molecule has 0 N–H and O–H groups in total. The topological polar surface area (TPSA) is 6.48 Å². The van der Waals surface area contributed by atoms with Gasteiger partial charge in [-0.15, -0.1) is 0 Å². The van der Waals surface area contributed by atoms with Crippen molar-refractivity contribution in [2.45, 2.75) is 0 Å². The van der Waals surface area contributed by atoms with Crippen LogP contribution in [0.25, 0.3) is 44.2 Å². The fraction of sp³-hybridized carbons (Fsp3) is 0. The van der Waals surface area contributed by atoms with Crippen LogP contribution >= 0.6 is 0 Å². The van der Waals surface area contributed by atoms with Crippen molar-refractivity contribution in [2.24, 2.45) is 0 Å². The summed E-state index contributed by atoms with van der Waals surface area (Å²) in [6.07, 6.45) is 0. The standard InChI is InChI=1S/C52H38N2/c1-5-18-43(19-6-1)52-49-27-14-13-17-41(49)35-38-51(52)54(46-24-11-4-12-25-46)50-28-16-15-26-48(50)42-31-29-39(30-32-42)40-33-36-47(37-34-40)53(44-20-7-2-8-21-44)45-22-9-3-10-23-45/h1-38H. The highest BCUT2D eigenvalue weighted by molar-refractivity contribution is 6.06. The van der Waals surface area contributed by atoms with E-state index >= 15 is 0 Å². The van der Waals surface area contributed by atoms with Crippen LogP contribution in [0.4, 0.5) is 34.1 Å². The number of hydrogen-bond acceptors (Lipinski definition) is 2. The summed E-state index contributed by atoms with van der Waals surface area (Å²) < 4.78 is 0. The lowest BCUT2D eigenvalue weighted by molar-refractivity contribution is 1.28. The van der Waals surface area contributed by atoms with Crippen molar-refractivity contribution < 1.29 is 0 Å². The van der Waals surface area contributed by atoms with Gasteiger partial charge in [0.1, 0.15) is 0 Å². The molecule has 0 heterocycles. The second-order valence-electron chi connectivity index (χ2n) is 13.4. The van der Waals surface area contributed by atoms with Gasteiger partial charge in [-0.2, -0.15) is 0 Å². The first-order valence-corrected chi connectivity index (χ1v) is 18.4. The third-order valence-corrected chi connectivity index (χ3v) is 10.1. The number of para-hydroxylation sites is 4. The second kappa shape index (κ2) is 14.8. The summed E-state index contributed by atoms with van der Waals surface area (Å²) >= 11 is 0. The molecule has 2 heteroatoms. The molecule has 0 bridgehead atoms. The van der Waals surface area contributed by atoms with Gasteiger partial charge in [-0.3, -0.25) is 0 Å². The third kappa shape index (κ3) is 6.42. The summed E-state index contributed by atoms with van der Waals surface area (Å²) in [6, 6.07) is 82.4. The average molecular weight is 691 g/mol. The molecule has 0 amide bonds. The number of hydrogen-bond donors (Lipinski definition) is 0. The molecule has 0 aromatic heterocycles. The fourth-order valence-electron chi connectivity index (χ4n) is 7.50. The van der Waals surface area contributed by atoms with Crippen LogP contribution in [-0.2, 0) is 0 Å². The zero-order valence-electron chi connectivity index (χ0n) is 29.8. The highest BCUT2D eigenvalue weighted by Gasteiger charge is 2.22. The summed E-state index contributed by atoms with van der Waals surface area (Å²) in [7, 11) is 0. The largest absolute Gasteiger partial charge is 0.311 e. The van der Waals surface area contributed by atoms with Crippen LogP contribution in [0, 0.1) is 0 Å². The molecule has 54 heavy (non-hydrogen) atoms. The van der Waals surface area contributed by atoms with Crippen molar-refractivity contribution in [3.63, 3.8) is 0 Å². The zero-order valence-corrected chi connectivity index (χ0v) is 29.8. The fourth-order valence-corrected chi connectivity index (χ4v) is 7.50. The molecule has 0 atom stereocenters. The monoisotopic (exact) mass is 690 g/mol. The molecule has 9 rings (SSSR count). The molecule has 0 aliphatic heterocycles. The van der Waals surface area contributed by atoms with Crippen LogP contribution in [0.3, 0.4) is 0 Å². The van der Waals surface area contributed by atoms with Gasteiger partial charge in [0.2, 0.25) is 0 Å². The maximum Gasteiger partial charge on any atom is 0.0546 e. The molecule has 9 aromatic carbocycles. The zero-order chi connectivity index (χ0) is 36.1. The Labute approximate surface area is 317 Å². The Morgan fingerprint density at radius 2 is 0.685 bits per heavy atom. The smallest absolute Gasteiger partial charge is 0.0546 e. The molecule has 0 radical (unpaired) electrons. The molecule has 256 valence electrons. The summed E-state index contributed by atoms with van der Waals surface area (Å²) in [4.78, 5) is 4.71. The first kappa shape index (κ1) is 32.7. The van der Waals surface area contributed by atoms with Crippen LogP contribution < -0.4 is 9.80 Å². The Balaban J connectivity index is 1.11. The summed E-state index contributed by atoms with van der Waals surface area (Å²) in [5, 5.41) is 2.45. The molecule has 0 spiro atoms. The van der Waals surface area contributed by atoms with E-state index in [0.717, 1.165) is 45.3 Å². The van der Waals surface area contributed by atoms with Gasteiger partial charge < -0.3 is 9.80 Å². The quantitative estimate of drug-likeness (QED) is 0.149. The van der Waals surface area contributed by atoms with E-state index in [2.05, 4.69) is 240 Å². The number of fused-ring (bicyclic) bond motifs is 1. The highest BCUT2D eigenvalue weighted by Crippen LogP contribution is 2.47. The molecule has 0 unspecified atom stereocenters. The SMILES string of the molecule is c1ccc(-c2c(N(c3ccccc3)c3ccccc3-c3ccc(-c4ccc(N(c5ccccc5)c5ccccc5)cc4)cc3)ccc3ccccc23)cc1. The van der Waals surface area contributed by atoms with E-state index in [-0.39, 0.29) is 0 Å². The molecule has 2 nitrogen and oxygen atoms in total. The third-order valence-electron chi connectivity index (χ3n) is 10.1. The molecule has 0 aliphatic rings. The predicted molar refractivity (Wildman–Crippen MR) is 230 cm³/mol. The Morgan fingerprint density at radius 1 is 0.241 bits per heavy atom. The van der Waals surface area contributed by atoms with Crippen molar-refractivity contribution in [1.29, 1.82) is 0 Å². The Hall–Kier alpha value is -7.16. The van der Waals surface area contributed by atoms with Crippen LogP contribution in [0.15, 0.2) is 231 Å². The van der Waals surface area contributed by atoms with E-state index in [4.69, 9.17) is 0 Å². The van der Waals surface area contributed by atoms with Gasteiger partial charge in [0.15, 0.2) is 0 Å². The summed E-state index contributed by atoms with van der Waals surface area (Å²) in [5.74, 6) is 0. The van der Waals surface area contributed by atoms with Crippen molar-refractivity contribution in [3.05, 3.63) is 231 Å². The van der Waals surface area contributed by atoms with Crippen LogP contribution in [0.1, 0.15) is 0 Å². The minimum absolute atomic E-state index is 1.11. The van der Waals surface area contributed by atoms with Crippen molar-refractivity contribution in [1.82, 2.24) is 0 Å². The molecule has 9 aromatic rings. The number of nitrogens with zero attached hydrogens (tertiary/aromatic N) is 2. The highest BCUT2D eigenvalue weighted by atomic mass is 15.1. The van der Waals surface area contributed by atoms with Gasteiger partial charge in [0.05, 0.1) is 11.4 Å². The van der Waals surface area contributed by atoms with Gasteiger partial charge in [-0.1, -0.05) is 170 Å². The lowest BCUT2D eigenvalue weighted by Crippen LogP contribution is -2.12. The van der Waals surface area contributed by atoms with E-state index in [9.17, 15) is 0 Å². The maximum atomic E-state index is 2.42. The minimum atomic E-state index is 1.11. The van der Waals surface area contributed by atoms with E-state index in [1.54, 1.807) is 0 Å². The van der Waals surface area contributed by atoms with Gasteiger partial charge in [-0.25, -0.2) is 0 Å². The number of anilines is 6. The van der Waals surface area contributed by atoms with Gasteiger partial charge in [0.25, 0.3) is 0 Å². The van der Waals surface area contributed by atoms with Crippen LogP contribution in [0.2, 0.25) is 0 Å².